The van der Waals surface area contributed by atoms with E-state index in [-0.39, 0.29) is 0 Å². The van der Waals surface area contributed by atoms with Crippen molar-refractivity contribution in [1.82, 2.24) is 5.32 Å². The minimum absolute atomic E-state index is 0.607. The molecule has 0 saturated heterocycles. The molecule has 17 heavy (non-hydrogen) atoms. The number of benzene rings is 1. The van der Waals surface area contributed by atoms with Crippen LogP contribution in [-0.2, 0) is 16.8 Å². The predicted octanol–water partition coefficient (Wildman–Crippen LogP) is 2.40. The summed E-state index contributed by atoms with van der Waals surface area (Å²) >= 11 is 0. The zero-order chi connectivity index (χ0) is 13.1. The summed E-state index contributed by atoms with van der Waals surface area (Å²) in [6.07, 6.45) is 1.02. The average molecular weight is 235 g/mol. The van der Waals surface area contributed by atoms with E-state index < -0.39 is 11.5 Å². The van der Waals surface area contributed by atoms with Crippen molar-refractivity contribution in [3.05, 3.63) is 35.4 Å². The predicted molar refractivity (Wildman–Crippen MR) is 69.0 cm³/mol. The van der Waals surface area contributed by atoms with Crippen LogP contribution in [0, 0.1) is 5.92 Å². The molecule has 0 aromatic heterocycles. The Balaban J connectivity index is 2.97. The van der Waals surface area contributed by atoms with E-state index in [1.54, 1.807) is 14.0 Å². The van der Waals surface area contributed by atoms with Crippen LogP contribution in [0.1, 0.15) is 31.9 Å². The lowest BCUT2D eigenvalue weighted by Crippen LogP contribution is -2.44. The van der Waals surface area contributed by atoms with Gasteiger partial charge in [-0.05, 0) is 37.4 Å². The first-order chi connectivity index (χ1) is 7.90. The van der Waals surface area contributed by atoms with Crippen LogP contribution in [0.15, 0.2) is 24.3 Å². The number of rotatable bonds is 5. The fraction of sp³-hybridized carbons (Fsp3) is 0.500. The van der Waals surface area contributed by atoms with Crippen LogP contribution in [0.4, 0.5) is 0 Å². The second-order valence-corrected chi connectivity index (χ2v) is 4.98. The van der Waals surface area contributed by atoms with E-state index in [0.717, 1.165) is 12.0 Å². The molecule has 3 heteroatoms. The van der Waals surface area contributed by atoms with Crippen molar-refractivity contribution < 1.29 is 9.90 Å². The Morgan fingerprint density at radius 2 is 1.88 bits per heavy atom. The lowest BCUT2D eigenvalue weighted by Gasteiger charge is -2.24. The van der Waals surface area contributed by atoms with Crippen LogP contribution in [0.5, 0.6) is 0 Å². The zero-order valence-electron chi connectivity index (χ0n) is 10.9. The number of carboxylic acid groups (broad SMARTS) is 1. The monoisotopic (exact) mass is 235 g/mol. The summed E-state index contributed by atoms with van der Waals surface area (Å²) in [4.78, 5) is 11.3. The quantitative estimate of drug-likeness (QED) is 0.824. The molecule has 2 N–H and O–H groups in total. The van der Waals surface area contributed by atoms with E-state index in [9.17, 15) is 9.90 Å². The van der Waals surface area contributed by atoms with Gasteiger partial charge in [0, 0.05) is 0 Å². The van der Waals surface area contributed by atoms with Gasteiger partial charge in [-0.2, -0.15) is 0 Å². The van der Waals surface area contributed by atoms with Crippen LogP contribution >= 0.6 is 0 Å². The standard InChI is InChI=1S/C14H21NO2/c1-10(2)9-11-5-7-12(8-6-11)14(3,15-4)13(16)17/h5-8,10,15H,9H2,1-4H3,(H,16,17). The molecule has 0 heterocycles. The van der Waals surface area contributed by atoms with Gasteiger partial charge in [-0.1, -0.05) is 38.1 Å². The highest BCUT2D eigenvalue weighted by Crippen LogP contribution is 2.21. The molecular formula is C14H21NO2. The molecule has 1 rings (SSSR count). The molecule has 0 bridgehead atoms. The van der Waals surface area contributed by atoms with Crippen LogP contribution in [0.3, 0.4) is 0 Å². The maximum Gasteiger partial charge on any atom is 0.328 e. The van der Waals surface area contributed by atoms with Gasteiger partial charge in [0.1, 0.15) is 5.54 Å². The summed E-state index contributed by atoms with van der Waals surface area (Å²) in [6, 6.07) is 7.80. The Morgan fingerprint density at radius 1 is 1.35 bits per heavy atom. The van der Waals surface area contributed by atoms with Crippen molar-refractivity contribution >= 4 is 5.97 Å². The summed E-state index contributed by atoms with van der Waals surface area (Å²) in [5.74, 6) is -0.257. The van der Waals surface area contributed by atoms with Crippen molar-refractivity contribution in [1.29, 1.82) is 0 Å². The molecule has 0 radical (unpaired) electrons. The first-order valence-corrected chi connectivity index (χ1v) is 5.92. The number of likely N-dealkylation sites (N-methyl/N-ethyl adjacent to an activating group) is 1. The smallest absolute Gasteiger partial charge is 0.328 e. The third-order valence-electron chi connectivity index (χ3n) is 3.10. The van der Waals surface area contributed by atoms with Gasteiger partial charge in [0.15, 0.2) is 0 Å². The Hall–Kier alpha value is -1.35. The van der Waals surface area contributed by atoms with Gasteiger partial charge in [0.2, 0.25) is 0 Å². The third kappa shape index (κ3) is 3.07. The van der Waals surface area contributed by atoms with Crippen LogP contribution in [0.2, 0.25) is 0 Å². The maximum atomic E-state index is 11.3. The number of hydrogen-bond acceptors (Lipinski definition) is 2. The highest BCUT2D eigenvalue weighted by molar-refractivity contribution is 5.80. The van der Waals surface area contributed by atoms with Crippen molar-refractivity contribution in [2.75, 3.05) is 7.05 Å². The Bertz CT molecular complexity index is 384. The average Bonchev–Trinajstić information content (AvgIpc) is 2.28. The molecule has 0 saturated carbocycles. The van der Waals surface area contributed by atoms with Crippen molar-refractivity contribution in [2.45, 2.75) is 32.7 Å². The van der Waals surface area contributed by atoms with E-state index in [4.69, 9.17) is 0 Å². The molecule has 0 aliphatic heterocycles. The van der Waals surface area contributed by atoms with E-state index in [1.165, 1.54) is 5.56 Å². The van der Waals surface area contributed by atoms with Crippen LogP contribution < -0.4 is 5.32 Å². The number of hydrogen-bond donors (Lipinski definition) is 2. The first-order valence-electron chi connectivity index (χ1n) is 5.92. The number of nitrogens with one attached hydrogen (secondary N) is 1. The first kappa shape index (κ1) is 13.7. The lowest BCUT2D eigenvalue weighted by molar-refractivity contribution is -0.144. The molecule has 1 atom stereocenters. The largest absolute Gasteiger partial charge is 0.480 e. The summed E-state index contributed by atoms with van der Waals surface area (Å²) < 4.78 is 0. The van der Waals surface area contributed by atoms with Gasteiger partial charge in [-0.15, -0.1) is 0 Å². The molecule has 1 aromatic rings. The normalized spacial score (nSPS) is 14.6. The molecule has 94 valence electrons. The zero-order valence-corrected chi connectivity index (χ0v) is 10.9. The summed E-state index contributed by atoms with van der Waals surface area (Å²) in [7, 11) is 1.66. The van der Waals surface area contributed by atoms with Crippen molar-refractivity contribution in [2.24, 2.45) is 5.92 Å². The minimum Gasteiger partial charge on any atom is -0.480 e. The van der Waals surface area contributed by atoms with Gasteiger partial charge in [0.25, 0.3) is 0 Å². The molecule has 0 aliphatic rings. The van der Waals surface area contributed by atoms with Crippen molar-refractivity contribution in [3.8, 4) is 0 Å². The van der Waals surface area contributed by atoms with E-state index in [0.29, 0.717) is 5.92 Å². The Morgan fingerprint density at radius 3 is 2.24 bits per heavy atom. The van der Waals surface area contributed by atoms with E-state index in [2.05, 4.69) is 19.2 Å². The molecule has 1 unspecified atom stereocenters. The number of carboxylic acids is 1. The van der Waals surface area contributed by atoms with Gasteiger partial charge in [0.05, 0.1) is 0 Å². The number of aliphatic carboxylic acids is 1. The Labute approximate surface area is 103 Å². The topological polar surface area (TPSA) is 49.3 Å². The van der Waals surface area contributed by atoms with Gasteiger partial charge in [-0.3, -0.25) is 0 Å². The lowest BCUT2D eigenvalue weighted by atomic mass is 9.90. The van der Waals surface area contributed by atoms with Gasteiger partial charge >= 0.3 is 5.97 Å². The maximum absolute atomic E-state index is 11.3. The SMILES string of the molecule is CNC(C)(C(=O)O)c1ccc(CC(C)C)cc1. The summed E-state index contributed by atoms with van der Waals surface area (Å²) in [5.41, 5.74) is 1.00. The second-order valence-electron chi connectivity index (χ2n) is 4.98. The number of carbonyl (C=O) groups is 1. The third-order valence-corrected chi connectivity index (χ3v) is 3.10. The fourth-order valence-electron chi connectivity index (χ4n) is 1.82. The molecule has 0 amide bonds. The van der Waals surface area contributed by atoms with Crippen LogP contribution in [-0.4, -0.2) is 18.1 Å². The Kier molecular flexibility index (Phi) is 4.29. The molecule has 0 aliphatic carbocycles. The second kappa shape index (κ2) is 5.32. The van der Waals surface area contributed by atoms with Crippen molar-refractivity contribution in [3.63, 3.8) is 0 Å². The molecule has 1 aromatic carbocycles. The summed E-state index contributed by atoms with van der Waals surface area (Å²) in [5, 5.41) is 12.1. The molecule has 3 nitrogen and oxygen atoms in total. The molecule has 0 spiro atoms. The van der Waals surface area contributed by atoms with Crippen LogP contribution in [0.25, 0.3) is 0 Å². The summed E-state index contributed by atoms with van der Waals surface area (Å²) in [6.45, 7) is 6.01. The van der Waals surface area contributed by atoms with Gasteiger partial charge < -0.3 is 10.4 Å². The highest BCUT2D eigenvalue weighted by atomic mass is 16.4. The molecular weight excluding hydrogens is 214 g/mol. The molecule has 0 fully saturated rings. The fourth-order valence-corrected chi connectivity index (χ4v) is 1.82. The van der Waals surface area contributed by atoms with E-state index in [1.807, 2.05) is 24.3 Å². The van der Waals surface area contributed by atoms with E-state index >= 15 is 0 Å². The van der Waals surface area contributed by atoms with Gasteiger partial charge in [-0.25, -0.2) is 4.79 Å². The highest BCUT2D eigenvalue weighted by Gasteiger charge is 2.32. The minimum atomic E-state index is -1.02.